The number of carbonyl (C=O) groups is 1. The van der Waals surface area contributed by atoms with Gasteiger partial charge in [0, 0.05) is 11.9 Å². The van der Waals surface area contributed by atoms with Crippen LogP contribution in [0.5, 0.6) is 0 Å². The molecule has 0 aliphatic carbocycles. The molecule has 1 amide bonds. The normalized spacial score (nSPS) is 15.8. The van der Waals surface area contributed by atoms with Gasteiger partial charge in [0.1, 0.15) is 24.9 Å². The second-order valence-electron chi connectivity index (χ2n) is 6.13. The number of benzene rings is 1. The molecule has 0 saturated heterocycles. The van der Waals surface area contributed by atoms with Crippen LogP contribution in [0.15, 0.2) is 60.1 Å². The van der Waals surface area contributed by atoms with Crippen LogP contribution in [0.2, 0.25) is 0 Å². The highest BCUT2D eigenvalue weighted by Crippen LogP contribution is 2.39. The number of pyridine rings is 1. The molecule has 0 saturated carbocycles. The van der Waals surface area contributed by atoms with E-state index in [9.17, 15) is 4.79 Å². The van der Waals surface area contributed by atoms with Crippen LogP contribution in [-0.2, 0) is 17.8 Å². The van der Waals surface area contributed by atoms with Gasteiger partial charge >= 0.3 is 0 Å². The molecule has 1 aromatic carbocycles. The number of thioether (sulfide) groups is 1. The van der Waals surface area contributed by atoms with E-state index < -0.39 is 0 Å². The first-order chi connectivity index (χ1) is 13.2. The molecule has 0 bridgehead atoms. The van der Waals surface area contributed by atoms with Crippen molar-refractivity contribution in [3.05, 3.63) is 66.5 Å². The Bertz CT molecular complexity index is 1010. The van der Waals surface area contributed by atoms with Crippen molar-refractivity contribution in [1.29, 1.82) is 0 Å². The summed E-state index contributed by atoms with van der Waals surface area (Å²) in [5.74, 6) is 6.20. The van der Waals surface area contributed by atoms with E-state index in [0.717, 1.165) is 16.1 Å². The first-order valence-electron chi connectivity index (χ1n) is 8.50. The van der Waals surface area contributed by atoms with E-state index in [1.165, 1.54) is 6.33 Å². The quantitative estimate of drug-likeness (QED) is 0.658. The molecule has 4 rings (SSSR count). The monoisotopic (exact) mass is 375 g/mol. The number of fused-ring (bicyclic) bond motifs is 1. The molecule has 0 spiro atoms. The van der Waals surface area contributed by atoms with Crippen molar-refractivity contribution in [3.63, 3.8) is 0 Å². The molecule has 2 aromatic heterocycles. The molecule has 1 unspecified atom stereocenters. The zero-order valence-corrected chi connectivity index (χ0v) is 15.6. The van der Waals surface area contributed by atoms with Crippen LogP contribution < -0.4 is 4.90 Å². The van der Waals surface area contributed by atoms with Gasteiger partial charge in [-0.15, -0.1) is 11.8 Å². The largest absolute Gasteiger partial charge is 0.312 e. The third-order valence-electron chi connectivity index (χ3n) is 4.27. The zero-order chi connectivity index (χ0) is 18.6. The predicted molar refractivity (Wildman–Crippen MR) is 104 cm³/mol. The van der Waals surface area contributed by atoms with Gasteiger partial charge < -0.3 is 4.90 Å². The fraction of sp³-hybridized carbons (Fsp3) is 0.200. The van der Waals surface area contributed by atoms with E-state index in [2.05, 4.69) is 39.0 Å². The third kappa shape index (κ3) is 3.86. The molecule has 7 heteroatoms. The lowest BCUT2D eigenvalue weighted by molar-refractivity contribution is -0.117. The van der Waals surface area contributed by atoms with E-state index in [-0.39, 0.29) is 11.2 Å². The minimum Gasteiger partial charge on any atom is -0.312 e. The van der Waals surface area contributed by atoms with Gasteiger partial charge in [-0.3, -0.25) is 4.79 Å². The summed E-state index contributed by atoms with van der Waals surface area (Å²) in [5, 5.41) is 3.87. The van der Waals surface area contributed by atoms with E-state index in [1.807, 2.05) is 24.3 Å². The lowest BCUT2D eigenvalue weighted by Crippen LogP contribution is -2.39. The van der Waals surface area contributed by atoms with Crippen LogP contribution >= 0.6 is 11.8 Å². The Morgan fingerprint density at radius 2 is 2.11 bits per heavy atom. The smallest absolute Gasteiger partial charge is 0.240 e. The summed E-state index contributed by atoms with van der Waals surface area (Å²) in [4.78, 5) is 23.7. The van der Waals surface area contributed by atoms with E-state index in [4.69, 9.17) is 0 Å². The van der Waals surface area contributed by atoms with Crippen molar-refractivity contribution in [2.45, 2.75) is 23.1 Å². The highest BCUT2D eigenvalue weighted by atomic mass is 32.2. The van der Waals surface area contributed by atoms with E-state index >= 15 is 0 Å². The minimum atomic E-state index is -0.150. The number of aromatic nitrogens is 4. The van der Waals surface area contributed by atoms with Crippen molar-refractivity contribution in [2.75, 3.05) is 11.9 Å². The topological polar surface area (TPSA) is 63.9 Å². The molecule has 3 aromatic rings. The second kappa shape index (κ2) is 7.64. The van der Waals surface area contributed by atoms with Crippen LogP contribution in [0.3, 0.4) is 0 Å². The number of nitrogens with zero attached hydrogens (tertiary/aromatic N) is 5. The second-order valence-corrected chi connectivity index (χ2v) is 7.37. The molecular weight excluding hydrogens is 358 g/mol. The van der Waals surface area contributed by atoms with Crippen molar-refractivity contribution < 1.29 is 4.79 Å². The Kier molecular flexibility index (Phi) is 4.90. The molecular formula is C20H17N5OS. The fourth-order valence-electron chi connectivity index (χ4n) is 2.87. The van der Waals surface area contributed by atoms with Gasteiger partial charge in [-0.25, -0.2) is 14.6 Å². The Balaban J connectivity index is 1.54. The van der Waals surface area contributed by atoms with Gasteiger partial charge in [0.15, 0.2) is 0 Å². The van der Waals surface area contributed by atoms with E-state index in [0.29, 0.717) is 18.7 Å². The lowest BCUT2D eigenvalue weighted by atomic mass is 10.1. The maximum atomic E-state index is 12.7. The number of carbonyl (C=O) groups excluding carboxylic acids is 1. The van der Waals surface area contributed by atoms with Crippen molar-refractivity contribution in [2.24, 2.45) is 0 Å². The van der Waals surface area contributed by atoms with Crippen molar-refractivity contribution in [3.8, 4) is 11.8 Å². The van der Waals surface area contributed by atoms with Crippen LogP contribution in [0, 0.1) is 11.8 Å². The Hall–Kier alpha value is -3.11. The Labute approximate surface area is 161 Å². The highest BCUT2D eigenvalue weighted by Gasteiger charge is 2.31. The summed E-state index contributed by atoms with van der Waals surface area (Å²) in [6, 6.07) is 12.0. The van der Waals surface area contributed by atoms with Gasteiger partial charge in [-0.2, -0.15) is 5.10 Å². The third-order valence-corrected chi connectivity index (χ3v) is 5.50. The molecule has 1 atom stereocenters. The van der Waals surface area contributed by atoms with E-state index in [1.54, 1.807) is 40.9 Å². The molecule has 134 valence electrons. The SMILES string of the molecule is CN1C(=O)C(Cc2ccccc2)Sc2cc(C#CCn3cncn3)ncc21. The molecule has 1 aliphatic heterocycles. The van der Waals surface area contributed by atoms with Crippen LogP contribution in [-0.4, -0.2) is 38.0 Å². The molecule has 0 N–H and O–H groups in total. The number of rotatable bonds is 3. The number of hydrogen-bond acceptors (Lipinski definition) is 5. The van der Waals surface area contributed by atoms with Crippen molar-refractivity contribution >= 4 is 23.4 Å². The lowest BCUT2D eigenvalue weighted by Gasteiger charge is -2.30. The highest BCUT2D eigenvalue weighted by molar-refractivity contribution is 8.01. The summed E-state index contributed by atoms with van der Waals surface area (Å²) in [6.45, 7) is 0.459. The predicted octanol–water partition coefficient (Wildman–Crippen LogP) is 2.40. The fourth-order valence-corrected chi connectivity index (χ4v) is 4.20. The summed E-state index contributed by atoms with van der Waals surface area (Å²) < 4.78 is 1.66. The molecule has 6 nitrogen and oxygen atoms in total. The number of amides is 1. The van der Waals surface area contributed by atoms with Crippen LogP contribution in [0.25, 0.3) is 0 Å². The van der Waals surface area contributed by atoms with Crippen LogP contribution in [0.4, 0.5) is 5.69 Å². The minimum absolute atomic E-state index is 0.100. The standard InChI is InChI=1S/C20H17N5OS/c1-24-17-12-22-16(8-5-9-25-14-21-13-23-25)11-18(17)27-19(20(24)26)10-15-6-3-2-4-7-15/h2-4,6-7,11-14,19H,9-10H2,1H3. The van der Waals surface area contributed by atoms with Gasteiger partial charge in [-0.05, 0) is 24.0 Å². The number of anilines is 1. The molecule has 0 radical (unpaired) electrons. The summed E-state index contributed by atoms with van der Waals surface area (Å²) in [6.07, 6.45) is 5.52. The van der Waals surface area contributed by atoms with Gasteiger partial charge in [0.2, 0.25) is 5.91 Å². The maximum absolute atomic E-state index is 12.7. The van der Waals surface area contributed by atoms with Crippen molar-refractivity contribution in [1.82, 2.24) is 19.7 Å². The Morgan fingerprint density at radius 3 is 2.89 bits per heavy atom. The van der Waals surface area contributed by atoms with Crippen LogP contribution in [0.1, 0.15) is 11.3 Å². The maximum Gasteiger partial charge on any atom is 0.240 e. The molecule has 27 heavy (non-hydrogen) atoms. The average Bonchev–Trinajstić information content (AvgIpc) is 3.20. The summed E-state index contributed by atoms with van der Waals surface area (Å²) in [7, 11) is 1.80. The first-order valence-corrected chi connectivity index (χ1v) is 9.38. The van der Waals surface area contributed by atoms with Gasteiger partial charge in [0.05, 0.1) is 17.1 Å². The summed E-state index contributed by atoms with van der Waals surface area (Å²) >= 11 is 1.58. The summed E-state index contributed by atoms with van der Waals surface area (Å²) in [5.41, 5.74) is 2.67. The molecule has 1 aliphatic rings. The zero-order valence-electron chi connectivity index (χ0n) is 14.7. The van der Waals surface area contributed by atoms with Gasteiger partial charge in [0.25, 0.3) is 0 Å². The number of hydrogen-bond donors (Lipinski definition) is 0. The molecule has 0 fully saturated rings. The average molecular weight is 375 g/mol. The van der Waals surface area contributed by atoms with Gasteiger partial charge in [-0.1, -0.05) is 36.3 Å². The Morgan fingerprint density at radius 1 is 1.26 bits per heavy atom. The molecule has 3 heterocycles. The first kappa shape index (κ1) is 17.3.